The fourth-order valence-electron chi connectivity index (χ4n) is 3.52. The van der Waals surface area contributed by atoms with Crippen LogP contribution in [0.2, 0.25) is 0 Å². The second-order valence-electron chi connectivity index (χ2n) is 6.50. The molecule has 1 N–H and O–H groups in total. The van der Waals surface area contributed by atoms with Gasteiger partial charge in [0.15, 0.2) is 0 Å². The summed E-state index contributed by atoms with van der Waals surface area (Å²) in [6.07, 6.45) is 0. The lowest BCUT2D eigenvalue weighted by atomic mass is 9.97. The zero-order chi connectivity index (χ0) is 18.7. The summed E-state index contributed by atoms with van der Waals surface area (Å²) in [6.45, 7) is 1.90. The molecule has 4 nitrogen and oxygen atoms in total. The third-order valence-corrected chi connectivity index (χ3v) is 5.28. The number of ether oxygens (including phenoxy) is 1. The van der Waals surface area contributed by atoms with Crippen LogP contribution in [0, 0.1) is 6.92 Å². The maximum absolute atomic E-state index is 13.0. The Hall–Kier alpha value is -3.05. The van der Waals surface area contributed by atoms with Gasteiger partial charge in [-0.2, -0.15) is 0 Å². The number of carbonyl (C=O) groups is 1. The highest BCUT2D eigenvalue weighted by Crippen LogP contribution is 2.45. The van der Waals surface area contributed by atoms with Crippen molar-refractivity contribution in [2.24, 2.45) is 0 Å². The number of hydrogen-bond donors (Lipinski definition) is 1. The van der Waals surface area contributed by atoms with Crippen molar-refractivity contribution in [1.29, 1.82) is 0 Å². The van der Waals surface area contributed by atoms with Crippen LogP contribution in [0.3, 0.4) is 0 Å². The average molecular weight is 421 g/mol. The van der Waals surface area contributed by atoms with E-state index < -0.39 is 0 Å². The Morgan fingerprint density at radius 1 is 0.963 bits per heavy atom. The van der Waals surface area contributed by atoms with E-state index in [1.165, 1.54) is 0 Å². The van der Waals surface area contributed by atoms with E-state index in [9.17, 15) is 9.90 Å². The Morgan fingerprint density at radius 3 is 2.44 bits per heavy atom. The van der Waals surface area contributed by atoms with Crippen molar-refractivity contribution in [3.63, 3.8) is 0 Å². The van der Waals surface area contributed by atoms with E-state index in [0.29, 0.717) is 44.9 Å². The van der Waals surface area contributed by atoms with Crippen molar-refractivity contribution >= 4 is 44.2 Å². The summed E-state index contributed by atoms with van der Waals surface area (Å²) in [6, 6.07) is 16.5. The number of Topliss-reactive ketones (excluding diaryl/α,β-unsaturated/α-hetero) is 1. The van der Waals surface area contributed by atoms with Crippen LogP contribution in [0.4, 0.5) is 0 Å². The maximum atomic E-state index is 13.0. The minimum Gasteiger partial charge on any atom is -0.506 e. The molecular weight excluding hydrogens is 408 g/mol. The lowest BCUT2D eigenvalue weighted by Gasteiger charge is -2.11. The summed E-state index contributed by atoms with van der Waals surface area (Å²) in [5, 5.41) is 10.8. The molecule has 0 amide bonds. The first-order chi connectivity index (χ1) is 13.0. The number of aliphatic hydroxyl groups is 1. The number of allylic oxidation sites excluding steroid dienone is 1. The van der Waals surface area contributed by atoms with Gasteiger partial charge in [-0.05, 0) is 60.5 Å². The Bertz CT molecular complexity index is 1250. The monoisotopic (exact) mass is 420 g/mol. The molecule has 5 rings (SSSR count). The third-order valence-electron chi connectivity index (χ3n) is 4.79. The molecule has 2 aromatic heterocycles. The fraction of sp³-hybridized carbons (Fsp3) is 0.0455. The van der Waals surface area contributed by atoms with Crippen LogP contribution >= 0.6 is 15.9 Å². The van der Waals surface area contributed by atoms with Crippen LogP contribution in [0.5, 0.6) is 11.5 Å². The van der Waals surface area contributed by atoms with Crippen LogP contribution in [-0.2, 0) is 0 Å². The first-order valence-electron chi connectivity index (χ1n) is 8.40. The van der Waals surface area contributed by atoms with E-state index in [2.05, 4.69) is 15.9 Å². The van der Waals surface area contributed by atoms with Gasteiger partial charge in [-0.3, -0.25) is 4.79 Å². The molecule has 0 atom stereocenters. The van der Waals surface area contributed by atoms with E-state index in [0.717, 1.165) is 10.0 Å². The van der Waals surface area contributed by atoms with Gasteiger partial charge in [-0.25, -0.2) is 0 Å². The molecule has 2 aromatic carbocycles. The van der Waals surface area contributed by atoms with Crippen molar-refractivity contribution in [3.05, 3.63) is 81.3 Å². The number of hydrogen-bond acceptors (Lipinski definition) is 4. The minimum absolute atomic E-state index is 0.0351. The number of benzene rings is 3. The maximum Gasteiger partial charge on any atom is 0.202 e. The highest BCUT2D eigenvalue weighted by Gasteiger charge is 2.37. The van der Waals surface area contributed by atoms with Crippen LogP contribution in [0.15, 0.2) is 63.5 Å². The van der Waals surface area contributed by atoms with Gasteiger partial charge >= 0.3 is 0 Å². The highest BCUT2D eigenvalue weighted by molar-refractivity contribution is 9.10. The molecule has 0 fully saturated rings. The number of carbonyl (C=O) groups excluding carboxylic acids is 1. The van der Waals surface area contributed by atoms with Gasteiger partial charge in [0.25, 0.3) is 0 Å². The van der Waals surface area contributed by atoms with Crippen LogP contribution < -0.4 is 4.74 Å². The summed E-state index contributed by atoms with van der Waals surface area (Å²) >= 11 is 3.42. The van der Waals surface area contributed by atoms with Gasteiger partial charge in [-0.1, -0.05) is 28.1 Å². The summed E-state index contributed by atoms with van der Waals surface area (Å²) < 4.78 is 12.4. The molecule has 4 aromatic rings. The van der Waals surface area contributed by atoms with Crippen molar-refractivity contribution < 1.29 is 19.1 Å². The molecule has 0 aliphatic heterocycles. The summed E-state index contributed by atoms with van der Waals surface area (Å²) in [5.41, 5.74) is 3.79. The Balaban J connectivity index is 1.59. The van der Waals surface area contributed by atoms with Gasteiger partial charge in [0, 0.05) is 4.47 Å². The smallest absolute Gasteiger partial charge is 0.202 e. The normalized spacial score (nSPS) is 13.6. The molecule has 1 aliphatic carbocycles. The third kappa shape index (κ3) is 2.39. The molecule has 2 bridgehead atoms. The first kappa shape index (κ1) is 16.1. The Morgan fingerprint density at radius 2 is 1.70 bits per heavy atom. The second kappa shape index (κ2) is 5.72. The predicted molar refractivity (Wildman–Crippen MR) is 107 cm³/mol. The van der Waals surface area contributed by atoms with Crippen molar-refractivity contribution in [1.82, 2.24) is 0 Å². The van der Waals surface area contributed by atoms with Crippen LogP contribution in [0.1, 0.15) is 27.0 Å². The summed E-state index contributed by atoms with van der Waals surface area (Å²) in [4.78, 5) is 13.0. The fourth-order valence-corrected chi connectivity index (χ4v) is 3.90. The molecule has 132 valence electrons. The zero-order valence-electron chi connectivity index (χ0n) is 14.2. The van der Waals surface area contributed by atoms with Crippen molar-refractivity contribution in [3.8, 4) is 11.5 Å². The lowest BCUT2D eigenvalue weighted by Crippen LogP contribution is -2.00. The van der Waals surface area contributed by atoms with E-state index >= 15 is 0 Å². The van der Waals surface area contributed by atoms with Gasteiger partial charge in [0.05, 0.1) is 16.7 Å². The van der Waals surface area contributed by atoms with Crippen LogP contribution in [-0.4, -0.2) is 10.9 Å². The van der Waals surface area contributed by atoms with Gasteiger partial charge in [0.1, 0.15) is 28.4 Å². The Labute approximate surface area is 163 Å². The molecule has 0 saturated heterocycles. The molecule has 0 saturated carbocycles. The van der Waals surface area contributed by atoms with Gasteiger partial charge in [-0.15, -0.1) is 0 Å². The van der Waals surface area contributed by atoms with Crippen molar-refractivity contribution in [2.45, 2.75) is 6.92 Å². The summed E-state index contributed by atoms with van der Waals surface area (Å²) in [7, 11) is 0. The number of furan rings is 2. The average Bonchev–Trinajstić information content (AvgIpc) is 3.31. The summed E-state index contributed by atoms with van der Waals surface area (Å²) in [5.74, 6) is 1.01. The molecule has 0 spiro atoms. The molecule has 1 aliphatic rings. The standard InChI is InChI=1S/C22H13BrO4/c1-11-5-6-14(26-13-4-2-3-12(23)9-13)10-15(11)18-21(24)19-16-7-8-17(27-16)20(19)22(18)25/h2-10,24H,1H3. The van der Waals surface area contributed by atoms with Crippen LogP contribution in [0.25, 0.3) is 22.5 Å². The molecule has 0 unspecified atom stereocenters. The van der Waals surface area contributed by atoms with Gasteiger partial charge < -0.3 is 14.3 Å². The largest absolute Gasteiger partial charge is 0.506 e. The van der Waals surface area contributed by atoms with E-state index in [1.54, 1.807) is 18.2 Å². The van der Waals surface area contributed by atoms with E-state index in [-0.39, 0.29) is 11.5 Å². The second-order valence-corrected chi connectivity index (χ2v) is 7.42. The molecule has 5 heteroatoms. The van der Waals surface area contributed by atoms with Crippen molar-refractivity contribution in [2.75, 3.05) is 0 Å². The number of halogens is 1. The Kier molecular flexibility index (Phi) is 3.42. The van der Waals surface area contributed by atoms with E-state index in [1.807, 2.05) is 43.3 Å². The quantitative estimate of drug-likeness (QED) is 0.419. The predicted octanol–water partition coefficient (Wildman–Crippen LogP) is 6.36. The molecule has 2 heterocycles. The SMILES string of the molecule is Cc1ccc(Oc2cccc(Br)c2)cc1C1=C(O)c2c(c3ccc2o3)C1=O. The first-order valence-corrected chi connectivity index (χ1v) is 9.20. The number of rotatable bonds is 3. The minimum atomic E-state index is -0.223. The zero-order valence-corrected chi connectivity index (χ0v) is 15.8. The highest BCUT2D eigenvalue weighted by atomic mass is 79.9. The lowest BCUT2D eigenvalue weighted by molar-refractivity contribution is 0.106. The number of fused-ring (bicyclic) bond motifs is 5. The number of aryl methyl sites for hydroxylation is 1. The molecule has 0 radical (unpaired) electrons. The topological polar surface area (TPSA) is 59.7 Å². The number of aliphatic hydroxyl groups excluding tert-OH is 1. The van der Waals surface area contributed by atoms with E-state index in [4.69, 9.17) is 9.15 Å². The number of ketones is 1. The molecular formula is C22H13BrO4. The molecule has 27 heavy (non-hydrogen) atoms. The van der Waals surface area contributed by atoms with Gasteiger partial charge in [0.2, 0.25) is 5.78 Å².